The van der Waals surface area contributed by atoms with Gasteiger partial charge in [-0.15, -0.1) is 0 Å². The molecule has 3 aromatic heterocycles. The van der Waals surface area contributed by atoms with E-state index in [1.165, 1.54) is 44.2 Å². The third-order valence-corrected chi connectivity index (χ3v) is 12.3. The summed E-state index contributed by atoms with van der Waals surface area (Å²) in [6.07, 6.45) is 0. The van der Waals surface area contributed by atoms with Crippen molar-refractivity contribution in [2.24, 2.45) is 0 Å². The van der Waals surface area contributed by atoms with Gasteiger partial charge in [0.05, 0.1) is 22.1 Å². The van der Waals surface area contributed by atoms with E-state index < -0.39 is 0 Å². The lowest BCUT2D eigenvalue weighted by Crippen LogP contribution is -2.15. The minimum atomic E-state index is -0.143. The van der Waals surface area contributed by atoms with Crippen LogP contribution in [0.5, 0.6) is 0 Å². The molecule has 3 heterocycles. The number of benzene rings is 8. The summed E-state index contributed by atoms with van der Waals surface area (Å²) in [7, 11) is 0. The van der Waals surface area contributed by atoms with Crippen LogP contribution in [0.25, 0.3) is 106 Å². The Kier molecular flexibility index (Phi) is 7.20. The topological polar surface area (TPSA) is 56.7 Å². The van der Waals surface area contributed by atoms with Gasteiger partial charge in [0.25, 0.3) is 0 Å². The zero-order chi connectivity index (χ0) is 39.2. The quantitative estimate of drug-likeness (QED) is 0.175. The molecule has 12 rings (SSSR count). The normalized spacial score (nSPS) is 13.1. The first-order chi connectivity index (χ1) is 29.0. The Labute approximate surface area is 340 Å². The first-order valence-corrected chi connectivity index (χ1v) is 20.1. The first-order valence-electron chi connectivity index (χ1n) is 20.1. The van der Waals surface area contributed by atoms with Gasteiger partial charge < -0.3 is 8.98 Å². The molecule has 0 saturated carbocycles. The number of hydrogen-bond donors (Lipinski definition) is 0. The molecule has 0 bridgehead atoms. The van der Waals surface area contributed by atoms with E-state index in [0.717, 1.165) is 55.3 Å². The summed E-state index contributed by atoms with van der Waals surface area (Å²) < 4.78 is 9.08. The summed E-state index contributed by atoms with van der Waals surface area (Å²) in [4.78, 5) is 15.3. The van der Waals surface area contributed by atoms with E-state index in [4.69, 9.17) is 19.4 Å². The van der Waals surface area contributed by atoms with Gasteiger partial charge >= 0.3 is 0 Å². The van der Waals surface area contributed by atoms with Crippen LogP contribution in [-0.2, 0) is 5.41 Å². The Hall–Kier alpha value is -7.63. The van der Waals surface area contributed by atoms with E-state index in [9.17, 15) is 0 Å². The number of fused-ring (bicyclic) bond motifs is 9. The van der Waals surface area contributed by atoms with Crippen LogP contribution >= 0.6 is 0 Å². The summed E-state index contributed by atoms with van der Waals surface area (Å²) >= 11 is 0. The van der Waals surface area contributed by atoms with Crippen LogP contribution < -0.4 is 0 Å². The zero-order valence-electron chi connectivity index (χ0n) is 32.5. The van der Waals surface area contributed by atoms with Crippen molar-refractivity contribution in [3.63, 3.8) is 0 Å². The lowest BCUT2D eigenvalue weighted by atomic mass is 9.82. The van der Waals surface area contributed by atoms with Crippen molar-refractivity contribution in [3.05, 3.63) is 193 Å². The van der Waals surface area contributed by atoms with Gasteiger partial charge in [-0.1, -0.05) is 147 Å². The summed E-state index contributed by atoms with van der Waals surface area (Å²) in [5.74, 6) is 1.86. The molecule has 0 aliphatic heterocycles. The van der Waals surface area contributed by atoms with Gasteiger partial charge in [0.2, 0.25) is 0 Å². The highest BCUT2D eigenvalue weighted by atomic mass is 16.3. The molecule has 0 amide bonds. The van der Waals surface area contributed by atoms with Crippen molar-refractivity contribution in [2.45, 2.75) is 19.3 Å². The maximum Gasteiger partial charge on any atom is 0.164 e. The Balaban J connectivity index is 1.01. The summed E-state index contributed by atoms with van der Waals surface area (Å²) in [6, 6.07) is 64.2. The molecule has 11 aromatic rings. The monoisotopic (exact) mass is 756 g/mol. The van der Waals surface area contributed by atoms with Gasteiger partial charge in [0.1, 0.15) is 11.2 Å². The van der Waals surface area contributed by atoms with Gasteiger partial charge in [-0.25, -0.2) is 15.0 Å². The fourth-order valence-corrected chi connectivity index (χ4v) is 9.37. The second kappa shape index (κ2) is 12.7. The van der Waals surface area contributed by atoms with Crippen molar-refractivity contribution in [1.82, 2.24) is 19.5 Å². The van der Waals surface area contributed by atoms with Crippen molar-refractivity contribution in [3.8, 4) is 62.1 Å². The maximum absolute atomic E-state index is 6.70. The highest BCUT2D eigenvalue weighted by molar-refractivity contribution is 6.15. The molecule has 0 unspecified atom stereocenters. The number of nitrogens with zero attached hydrogens (tertiary/aromatic N) is 4. The molecule has 278 valence electrons. The molecule has 5 nitrogen and oxygen atoms in total. The van der Waals surface area contributed by atoms with E-state index in [2.05, 4.69) is 170 Å². The zero-order valence-corrected chi connectivity index (χ0v) is 32.5. The molecule has 59 heavy (non-hydrogen) atoms. The molecule has 0 fully saturated rings. The number of furan rings is 1. The van der Waals surface area contributed by atoms with Crippen molar-refractivity contribution in [2.75, 3.05) is 0 Å². The second-order valence-corrected chi connectivity index (χ2v) is 16.0. The lowest BCUT2D eigenvalue weighted by Gasteiger charge is -2.21. The van der Waals surface area contributed by atoms with Gasteiger partial charge in [-0.2, -0.15) is 0 Å². The van der Waals surface area contributed by atoms with Crippen LogP contribution in [0.3, 0.4) is 0 Å². The third kappa shape index (κ3) is 5.14. The Morgan fingerprint density at radius 1 is 0.407 bits per heavy atom. The number of rotatable bonds is 5. The van der Waals surface area contributed by atoms with Crippen LogP contribution in [0.4, 0.5) is 0 Å². The molecule has 0 saturated heterocycles. The Morgan fingerprint density at radius 3 is 1.85 bits per heavy atom. The number of para-hydroxylation sites is 1. The van der Waals surface area contributed by atoms with Crippen LogP contribution in [0.15, 0.2) is 186 Å². The molecule has 5 heteroatoms. The average molecular weight is 757 g/mol. The summed E-state index contributed by atoms with van der Waals surface area (Å²) in [5, 5.41) is 4.52. The van der Waals surface area contributed by atoms with Crippen molar-refractivity contribution >= 4 is 43.7 Å². The molecular formula is C54H36N4O. The standard InChI is InChI=1S/C54H36N4O/c1-54(2)43-20-11-9-18-38(43)39-27-24-36(31-44(39)54)52-55-51(34-16-7-4-8-17-34)56-53(57-52)37-25-28-41-49(32-37)59-48-23-13-22-47(50(41)48)58-45-21-12-10-19-40(45)42-30-35(26-29-46(42)58)33-14-5-3-6-15-33/h3-32H,1-2H3. The minimum Gasteiger partial charge on any atom is -0.456 e. The highest BCUT2D eigenvalue weighted by Gasteiger charge is 2.35. The third-order valence-electron chi connectivity index (χ3n) is 12.3. The number of hydrogen-bond acceptors (Lipinski definition) is 4. The van der Waals surface area contributed by atoms with E-state index in [-0.39, 0.29) is 5.41 Å². The molecule has 1 aliphatic rings. The first kappa shape index (κ1) is 33.5. The fourth-order valence-electron chi connectivity index (χ4n) is 9.37. The molecule has 0 radical (unpaired) electrons. The van der Waals surface area contributed by atoms with Crippen LogP contribution in [0.1, 0.15) is 25.0 Å². The fraction of sp³-hybridized carbons (Fsp3) is 0.0556. The average Bonchev–Trinajstić information content (AvgIpc) is 3.91. The highest BCUT2D eigenvalue weighted by Crippen LogP contribution is 2.49. The molecule has 1 aliphatic carbocycles. The second-order valence-electron chi connectivity index (χ2n) is 16.0. The van der Waals surface area contributed by atoms with Gasteiger partial charge in [-0.3, -0.25) is 0 Å². The summed E-state index contributed by atoms with van der Waals surface area (Å²) in [6.45, 7) is 4.60. The Morgan fingerprint density at radius 2 is 1.03 bits per heavy atom. The molecule has 0 N–H and O–H groups in total. The Bertz CT molecular complexity index is 3470. The smallest absolute Gasteiger partial charge is 0.164 e. The lowest BCUT2D eigenvalue weighted by molar-refractivity contribution is 0.660. The molecule has 0 spiro atoms. The largest absolute Gasteiger partial charge is 0.456 e. The van der Waals surface area contributed by atoms with Crippen LogP contribution in [0.2, 0.25) is 0 Å². The summed E-state index contributed by atoms with van der Waals surface area (Å²) in [5.41, 5.74) is 15.1. The molecule has 0 atom stereocenters. The molecular weight excluding hydrogens is 721 g/mol. The van der Waals surface area contributed by atoms with Crippen molar-refractivity contribution in [1.29, 1.82) is 0 Å². The predicted octanol–water partition coefficient (Wildman–Crippen LogP) is 13.8. The van der Waals surface area contributed by atoms with Crippen LogP contribution in [-0.4, -0.2) is 19.5 Å². The molecule has 8 aromatic carbocycles. The SMILES string of the molecule is CC1(C)c2ccccc2-c2ccc(-c3nc(-c4ccccc4)nc(-c4ccc5c(c4)oc4cccc(-n6c7ccccc7c7cc(-c8ccccc8)ccc76)c45)n3)cc21. The van der Waals surface area contributed by atoms with E-state index in [1.807, 2.05) is 30.3 Å². The predicted molar refractivity (Wildman–Crippen MR) is 241 cm³/mol. The maximum atomic E-state index is 6.70. The van der Waals surface area contributed by atoms with Gasteiger partial charge in [-0.05, 0) is 81.9 Å². The van der Waals surface area contributed by atoms with Gasteiger partial charge in [0, 0.05) is 38.3 Å². The van der Waals surface area contributed by atoms with Crippen LogP contribution in [0, 0.1) is 0 Å². The van der Waals surface area contributed by atoms with Crippen molar-refractivity contribution < 1.29 is 4.42 Å². The van der Waals surface area contributed by atoms with E-state index >= 15 is 0 Å². The van der Waals surface area contributed by atoms with Gasteiger partial charge in [0.15, 0.2) is 17.5 Å². The van der Waals surface area contributed by atoms with E-state index in [0.29, 0.717) is 17.5 Å². The minimum absolute atomic E-state index is 0.143. The number of aromatic nitrogens is 4. The van der Waals surface area contributed by atoms with E-state index in [1.54, 1.807) is 0 Å².